The van der Waals surface area contributed by atoms with Crippen LogP contribution in [0.2, 0.25) is 0 Å². The molecule has 0 radical (unpaired) electrons. The highest BCUT2D eigenvalue weighted by Crippen LogP contribution is 2.37. The lowest BCUT2D eigenvalue weighted by molar-refractivity contribution is 0.328. The molecule has 2 rings (SSSR count). The predicted octanol–water partition coefficient (Wildman–Crippen LogP) is 6.71. The predicted molar refractivity (Wildman–Crippen MR) is 95.5 cm³/mol. The van der Waals surface area contributed by atoms with E-state index in [1.54, 1.807) is 0 Å². The Morgan fingerprint density at radius 2 is 1.62 bits per heavy atom. The smallest absolute Gasteiger partial charge is 0.0991 e. The number of benzene rings is 1. The summed E-state index contributed by atoms with van der Waals surface area (Å²) < 4.78 is 0. The van der Waals surface area contributed by atoms with E-state index < -0.39 is 0 Å². The van der Waals surface area contributed by atoms with Crippen LogP contribution < -0.4 is 0 Å². The van der Waals surface area contributed by atoms with Crippen LogP contribution in [-0.4, -0.2) is 0 Å². The highest BCUT2D eigenvalue weighted by molar-refractivity contribution is 5.33. The number of allylic oxidation sites excluding steroid dienone is 2. The molecule has 0 N–H and O–H groups in total. The van der Waals surface area contributed by atoms with Gasteiger partial charge in [0.15, 0.2) is 0 Å². The first-order valence-electron chi connectivity index (χ1n) is 6.94. The van der Waals surface area contributed by atoms with Crippen molar-refractivity contribution in [3.8, 4) is 6.07 Å². The fraction of sp³-hybridized carbons (Fsp3) is 0.550. The Kier molecular flexibility index (Phi) is 11.5. The fourth-order valence-electron chi connectivity index (χ4n) is 2.89. The van der Waals surface area contributed by atoms with Crippen LogP contribution in [0.1, 0.15) is 78.4 Å². The minimum Gasteiger partial charge on any atom is -0.192 e. The number of nitrogens with zero attached hydrogens (tertiary/aromatic N) is 1. The van der Waals surface area contributed by atoms with Crippen molar-refractivity contribution in [3.63, 3.8) is 0 Å². The van der Waals surface area contributed by atoms with Gasteiger partial charge in [0.05, 0.1) is 11.6 Å². The van der Waals surface area contributed by atoms with Crippen molar-refractivity contribution in [3.05, 3.63) is 47.5 Å². The molecular formula is C20H33N. The quantitative estimate of drug-likeness (QED) is 0.567. The lowest BCUT2D eigenvalue weighted by atomic mass is 9.77. The number of nitriles is 1. The maximum Gasteiger partial charge on any atom is 0.0991 e. The van der Waals surface area contributed by atoms with Crippen LogP contribution in [0, 0.1) is 17.2 Å². The third-order valence-electron chi connectivity index (χ3n) is 4.06. The zero-order valence-corrected chi connectivity index (χ0v) is 11.1. The van der Waals surface area contributed by atoms with Gasteiger partial charge >= 0.3 is 0 Å². The first-order chi connectivity index (χ1) is 8.83. The molecule has 0 aliphatic heterocycles. The van der Waals surface area contributed by atoms with Crippen LogP contribution in [0.5, 0.6) is 0 Å². The molecule has 0 bridgehead atoms. The van der Waals surface area contributed by atoms with Crippen molar-refractivity contribution in [2.24, 2.45) is 5.92 Å². The summed E-state index contributed by atoms with van der Waals surface area (Å²) in [6.07, 6.45) is 11.0. The summed E-state index contributed by atoms with van der Waals surface area (Å²) in [5.74, 6) is 1.59. The van der Waals surface area contributed by atoms with Crippen molar-refractivity contribution in [1.82, 2.24) is 0 Å². The van der Waals surface area contributed by atoms with Gasteiger partial charge in [-0.2, -0.15) is 5.26 Å². The second-order valence-corrected chi connectivity index (χ2v) is 5.26. The summed E-state index contributed by atoms with van der Waals surface area (Å²) >= 11 is 0. The topological polar surface area (TPSA) is 23.8 Å². The molecule has 1 aliphatic carbocycles. The van der Waals surface area contributed by atoms with Gasteiger partial charge < -0.3 is 0 Å². The number of hydrogen-bond acceptors (Lipinski definition) is 1. The standard InChI is InChI=1S/C17H21N.3CH4/c1-2-3-4-14-5-9-16(10-6-14)17-11-7-15(13-18)8-12-17;;;/h2-3,7-8,11-12,14,16H,4-6,9-10H2,1H3;3*1H4. The molecule has 0 unspecified atom stereocenters. The van der Waals surface area contributed by atoms with Crippen molar-refractivity contribution in [2.75, 3.05) is 0 Å². The Bertz CT molecular complexity index is 428. The van der Waals surface area contributed by atoms with E-state index in [1.807, 2.05) is 12.1 Å². The average Bonchev–Trinajstić information content (AvgIpc) is 2.46. The van der Waals surface area contributed by atoms with Crippen LogP contribution in [-0.2, 0) is 0 Å². The molecule has 1 fully saturated rings. The molecule has 1 aliphatic rings. The lowest BCUT2D eigenvalue weighted by Gasteiger charge is -2.28. The monoisotopic (exact) mass is 287 g/mol. The second kappa shape index (κ2) is 11.1. The van der Waals surface area contributed by atoms with Gasteiger partial charge in [-0.15, -0.1) is 0 Å². The third kappa shape index (κ3) is 6.17. The van der Waals surface area contributed by atoms with E-state index in [2.05, 4.69) is 37.3 Å². The summed E-state index contributed by atoms with van der Waals surface area (Å²) in [5.41, 5.74) is 2.18. The van der Waals surface area contributed by atoms with Crippen molar-refractivity contribution in [1.29, 1.82) is 5.26 Å². The SMILES string of the molecule is C.C.C.CC=CCC1CCC(c2ccc(C#N)cc2)CC1. The van der Waals surface area contributed by atoms with Gasteiger partial charge in [-0.1, -0.05) is 46.6 Å². The van der Waals surface area contributed by atoms with Gasteiger partial charge in [0.25, 0.3) is 0 Å². The molecule has 0 heterocycles. The third-order valence-corrected chi connectivity index (χ3v) is 4.06. The van der Waals surface area contributed by atoms with Crippen LogP contribution >= 0.6 is 0 Å². The molecule has 1 nitrogen and oxygen atoms in total. The highest BCUT2D eigenvalue weighted by atomic mass is 14.3. The zero-order chi connectivity index (χ0) is 12.8. The Hall–Kier alpha value is -1.55. The Balaban J connectivity index is 0. The van der Waals surface area contributed by atoms with E-state index in [0.29, 0.717) is 5.92 Å². The van der Waals surface area contributed by atoms with E-state index in [9.17, 15) is 0 Å². The Morgan fingerprint density at radius 1 is 1.05 bits per heavy atom. The molecule has 1 aromatic carbocycles. The Morgan fingerprint density at radius 3 is 2.10 bits per heavy atom. The maximum atomic E-state index is 8.80. The molecule has 118 valence electrons. The van der Waals surface area contributed by atoms with Gasteiger partial charge in [0.2, 0.25) is 0 Å². The van der Waals surface area contributed by atoms with Crippen LogP contribution in [0.3, 0.4) is 0 Å². The van der Waals surface area contributed by atoms with Crippen LogP contribution in [0.4, 0.5) is 0 Å². The maximum absolute atomic E-state index is 8.80. The first-order valence-corrected chi connectivity index (χ1v) is 6.94. The fourth-order valence-corrected chi connectivity index (χ4v) is 2.89. The molecule has 0 atom stereocenters. The van der Waals surface area contributed by atoms with Crippen LogP contribution in [0.15, 0.2) is 36.4 Å². The normalized spacial score (nSPS) is 20.6. The summed E-state index contributed by atoms with van der Waals surface area (Å²) in [6, 6.07) is 10.3. The number of hydrogen-bond donors (Lipinski definition) is 0. The minimum atomic E-state index is 0. The molecule has 21 heavy (non-hydrogen) atoms. The van der Waals surface area contributed by atoms with Gasteiger partial charge in [-0.3, -0.25) is 0 Å². The first kappa shape index (κ1) is 21.7. The van der Waals surface area contributed by atoms with Gasteiger partial charge in [-0.25, -0.2) is 0 Å². The molecule has 1 saturated carbocycles. The molecule has 1 aromatic rings. The van der Waals surface area contributed by atoms with Gasteiger partial charge in [-0.05, 0) is 68.6 Å². The van der Waals surface area contributed by atoms with Crippen molar-refractivity contribution < 1.29 is 0 Å². The minimum absolute atomic E-state index is 0. The lowest BCUT2D eigenvalue weighted by Crippen LogP contribution is -2.12. The van der Waals surface area contributed by atoms with Gasteiger partial charge in [0, 0.05) is 0 Å². The van der Waals surface area contributed by atoms with Gasteiger partial charge in [0.1, 0.15) is 0 Å². The average molecular weight is 287 g/mol. The zero-order valence-electron chi connectivity index (χ0n) is 11.1. The second-order valence-electron chi connectivity index (χ2n) is 5.26. The van der Waals surface area contributed by atoms with E-state index in [-0.39, 0.29) is 22.3 Å². The summed E-state index contributed by atoms with van der Waals surface area (Å²) in [5, 5.41) is 8.80. The largest absolute Gasteiger partial charge is 0.192 e. The highest BCUT2D eigenvalue weighted by Gasteiger charge is 2.21. The summed E-state index contributed by atoms with van der Waals surface area (Å²) in [4.78, 5) is 0. The van der Waals surface area contributed by atoms with E-state index in [4.69, 9.17) is 5.26 Å². The van der Waals surface area contributed by atoms with Crippen molar-refractivity contribution >= 4 is 0 Å². The molecule has 0 aromatic heterocycles. The van der Waals surface area contributed by atoms with E-state index >= 15 is 0 Å². The van der Waals surface area contributed by atoms with Crippen molar-refractivity contribution in [2.45, 2.75) is 67.2 Å². The Labute approximate surface area is 132 Å². The van der Waals surface area contributed by atoms with E-state index in [0.717, 1.165) is 11.5 Å². The summed E-state index contributed by atoms with van der Waals surface area (Å²) in [6.45, 7) is 2.10. The summed E-state index contributed by atoms with van der Waals surface area (Å²) in [7, 11) is 0. The molecule has 0 amide bonds. The number of rotatable bonds is 3. The molecule has 0 saturated heterocycles. The molecule has 1 heteroatoms. The van der Waals surface area contributed by atoms with E-state index in [1.165, 1.54) is 37.7 Å². The van der Waals surface area contributed by atoms with Crippen LogP contribution in [0.25, 0.3) is 0 Å². The molecular weight excluding hydrogens is 254 g/mol. The molecule has 0 spiro atoms.